The summed E-state index contributed by atoms with van der Waals surface area (Å²) in [6.07, 6.45) is 16.0. The number of rotatable bonds is 10. The number of methoxy groups -OCH3 is 1. The second kappa shape index (κ2) is 17.6. The van der Waals surface area contributed by atoms with Crippen molar-refractivity contribution in [3.63, 3.8) is 0 Å². The Morgan fingerprint density at radius 3 is 1.55 bits per heavy atom. The van der Waals surface area contributed by atoms with Crippen molar-refractivity contribution in [2.45, 2.75) is 128 Å². The van der Waals surface area contributed by atoms with Crippen molar-refractivity contribution in [3.05, 3.63) is 58.2 Å². The van der Waals surface area contributed by atoms with Crippen LogP contribution in [0.15, 0.2) is 24.3 Å². The van der Waals surface area contributed by atoms with Crippen molar-refractivity contribution in [1.82, 2.24) is 9.80 Å². The predicted octanol–water partition coefficient (Wildman–Crippen LogP) is 7.23. The van der Waals surface area contributed by atoms with Crippen molar-refractivity contribution < 1.29 is 32.6 Å². The van der Waals surface area contributed by atoms with E-state index in [0.29, 0.717) is 60.4 Å². The van der Waals surface area contributed by atoms with Crippen molar-refractivity contribution in [2.24, 2.45) is 5.73 Å². The van der Waals surface area contributed by atoms with E-state index in [4.69, 9.17) is 19.9 Å². The van der Waals surface area contributed by atoms with Gasteiger partial charge in [0.25, 0.3) is 0 Å². The number of halogens is 2. The van der Waals surface area contributed by atoms with Crippen LogP contribution >= 0.6 is 0 Å². The molecule has 0 aromatic heterocycles. The zero-order valence-electron chi connectivity index (χ0n) is 29.6. The zero-order valence-corrected chi connectivity index (χ0v) is 29.6. The minimum absolute atomic E-state index is 0.181. The van der Waals surface area contributed by atoms with Crippen LogP contribution < -0.4 is 15.2 Å². The summed E-state index contributed by atoms with van der Waals surface area (Å²) >= 11 is 0. The Balaban J connectivity index is 0.000000191. The van der Waals surface area contributed by atoms with Crippen LogP contribution in [0.3, 0.4) is 0 Å². The van der Waals surface area contributed by atoms with Crippen LogP contribution in [-0.4, -0.2) is 79.3 Å². The number of ether oxygens (including phenoxy) is 3. The molecule has 49 heavy (non-hydrogen) atoms. The van der Waals surface area contributed by atoms with E-state index >= 15 is 0 Å². The lowest BCUT2D eigenvalue weighted by molar-refractivity contribution is 0.0554. The first kappa shape index (κ1) is 37.0. The number of fused-ring (bicyclic) bond motifs is 2. The number of carbonyl (C=O) groups excluding carboxylic acids is 2. The molecule has 0 unspecified atom stereocenters. The second-order valence-electron chi connectivity index (χ2n) is 14.1. The van der Waals surface area contributed by atoms with Crippen LogP contribution in [0, 0.1) is 11.6 Å². The summed E-state index contributed by atoms with van der Waals surface area (Å²) in [6.45, 7) is 7.34. The molecule has 0 bridgehead atoms. The van der Waals surface area contributed by atoms with Gasteiger partial charge in [0.05, 0.1) is 12.7 Å². The molecule has 2 fully saturated rings. The first-order valence-electron chi connectivity index (χ1n) is 18.5. The lowest BCUT2D eigenvalue weighted by Gasteiger charge is -2.42. The Hall–Kier alpha value is -3.24. The maximum atomic E-state index is 14.2. The van der Waals surface area contributed by atoms with Gasteiger partial charge in [-0.15, -0.1) is 0 Å². The molecular weight excluding hydrogens is 628 g/mol. The molecule has 4 aliphatic rings. The summed E-state index contributed by atoms with van der Waals surface area (Å²) in [7, 11) is 1.35. The number of carbonyl (C=O) groups is 2. The Morgan fingerprint density at radius 1 is 0.714 bits per heavy atom. The molecule has 6 rings (SSSR count). The van der Waals surface area contributed by atoms with E-state index in [-0.39, 0.29) is 23.6 Å². The van der Waals surface area contributed by atoms with Crippen molar-refractivity contribution in [3.8, 4) is 11.5 Å². The number of nitrogens with two attached hydrogens (primary N) is 1. The van der Waals surface area contributed by atoms with E-state index < -0.39 is 23.5 Å². The van der Waals surface area contributed by atoms with Crippen LogP contribution in [0.25, 0.3) is 0 Å². The standard InChI is InChI=1S/C20H28FNO3.C19H27FN2O2/c1-3-11-22(14-7-5-4-6-8-14)15-12-17-16(20(23)24-2)9-10-18(21)19(17)25-13-15;1-2-10-22(13-6-4-3-5-7-13)14-11-16-15(19(21)23)8-9-17(20)18(16)24-12-14/h9-10,14-15H,3-8,11-13H2,1-2H3;8-9,13-14H,2-7,10-12H2,1H3,(H2,21,23)/t15-;14-/m11/s1. The molecule has 10 heteroatoms. The number of nitrogens with zero attached hydrogens (tertiary/aromatic N) is 2. The zero-order chi connectivity index (χ0) is 34.9. The first-order chi connectivity index (χ1) is 23.8. The summed E-state index contributed by atoms with van der Waals surface area (Å²) in [6, 6.07) is 7.05. The number of benzene rings is 2. The van der Waals surface area contributed by atoms with Crippen LogP contribution in [-0.2, 0) is 17.6 Å². The van der Waals surface area contributed by atoms with E-state index in [2.05, 4.69) is 23.6 Å². The van der Waals surface area contributed by atoms with E-state index in [1.165, 1.54) is 95.6 Å². The van der Waals surface area contributed by atoms with Gasteiger partial charge in [0.15, 0.2) is 23.1 Å². The highest BCUT2D eigenvalue weighted by atomic mass is 19.1. The summed E-state index contributed by atoms with van der Waals surface area (Å²) < 4.78 is 44.6. The smallest absolute Gasteiger partial charge is 0.338 e. The van der Waals surface area contributed by atoms with Crippen LogP contribution in [0.4, 0.5) is 8.78 Å². The van der Waals surface area contributed by atoms with Gasteiger partial charge in [0.2, 0.25) is 5.91 Å². The maximum absolute atomic E-state index is 14.2. The lowest BCUT2D eigenvalue weighted by atomic mass is 9.90. The fourth-order valence-electron chi connectivity index (χ4n) is 8.49. The number of amides is 1. The number of esters is 1. The SMILES string of the molecule is CCCN(C1CCCCC1)[C@H]1COc2c(F)ccc(C(=O)OC)c2C1.CCCN(C1CCCCC1)[C@H]1COc2c(F)ccc(C(N)=O)c2C1. The van der Waals surface area contributed by atoms with Gasteiger partial charge in [0.1, 0.15) is 13.2 Å². The van der Waals surface area contributed by atoms with Gasteiger partial charge in [0, 0.05) is 40.9 Å². The van der Waals surface area contributed by atoms with Gasteiger partial charge in [-0.25, -0.2) is 13.6 Å². The molecule has 0 saturated heterocycles. The topological polar surface area (TPSA) is 94.3 Å². The highest BCUT2D eigenvalue weighted by Gasteiger charge is 2.35. The van der Waals surface area contributed by atoms with Gasteiger partial charge in [-0.05, 0) is 88.7 Å². The molecule has 2 aliphatic heterocycles. The Labute approximate surface area is 290 Å². The monoisotopic (exact) mass is 683 g/mol. The molecular formula is C39H55F2N3O5. The summed E-state index contributed by atoms with van der Waals surface area (Å²) in [5, 5.41) is 0. The Bertz CT molecular complexity index is 1430. The molecule has 8 nitrogen and oxygen atoms in total. The third kappa shape index (κ3) is 8.74. The van der Waals surface area contributed by atoms with E-state index in [0.717, 1.165) is 25.9 Å². The van der Waals surface area contributed by atoms with Crippen LogP contribution in [0.1, 0.15) is 123 Å². The molecule has 270 valence electrons. The second-order valence-corrected chi connectivity index (χ2v) is 14.1. The predicted molar refractivity (Wildman–Crippen MR) is 186 cm³/mol. The molecule has 0 spiro atoms. The summed E-state index contributed by atoms with van der Waals surface area (Å²) in [5.41, 5.74) is 7.57. The van der Waals surface area contributed by atoms with Gasteiger partial charge in [-0.1, -0.05) is 52.4 Å². The highest BCUT2D eigenvalue weighted by molar-refractivity contribution is 5.95. The van der Waals surface area contributed by atoms with Crippen molar-refractivity contribution in [2.75, 3.05) is 33.4 Å². The average molecular weight is 684 g/mol. The lowest BCUT2D eigenvalue weighted by Crippen LogP contribution is -2.50. The first-order valence-corrected chi connectivity index (χ1v) is 18.5. The van der Waals surface area contributed by atoms with Crippen molar-refractivity contribution in [1.29, 1.82) is 0 Å². The molecule has 2 aromatic rings. The van der Waals surface area contributed by atoms with Gasteiger partial charge in [-0.2, -0.15) is 0 Å². The highest BCUT2D eigenvalue weighted by Crippen LogP contribution is 2.36. The van der Waals surface area contributed by atoms with Gasteiger partial charge in [-0.3, -0.25) is 14.6 Å². The molecule has 2 aliphatic carbocycles. The number of hydrogen-bond acceptors (Lipinski definition) is 7. The minimum atomic E-state index is -0.518. The molecule has 2 aromatic carbocycles. The third-order valence-electron chi connectivity index (χ3n) is 10.8. The summed E-state index contributed by atoms with van der Waals surface area (Å²) in [5.74, 6) is -1.33. The maximum Gasteiger partial charge on any atom is 0.338 e. The summed E-state index contributed by atoms with van der Waals surface area (Å²) in [4.78, 5) is 28.9. The molecule has 2 saturated carbocycles. The Morgan fingerprint density at radius 2 is 1.14 bits per heavy atom. The number of hydrogen-bond donors (Lipinski definition) is 1. The van der Waals surface area contributed by atoms with Gasteiger partial charge >= 0.3 is 5.97 Å². The van der Waals surface area contributed by atoms with E-state index in [1.54, 1.807) is 0 Å². The fourth-order valence-corrected chi connectivity index (χ4v) is 8.49. The largest absolute Gasteiger partial charge is 0.489 e. The van der Waals surface area contributed by atoms with Crippen molar-refractivity contribution >= 4 is 11.9 Å². The van der Waals surface area contributed by atoms with E-state index in [1.807, 2.05) is 0 Å². The van der Waals surface area contributed by atoms with Gasteiger partial charge < -0.3 is 19.9 Å². The number of primary amides is 1. The van der Waals surface area contributed by atoms with Crippen LogP contribution in [0.5, 0.6) is 11.5 Å². The molecule has 1 amide bonds. The minimum Gasteiger partial charge on any atom is -0.489 e. The fraction of sp³-hybridized carbons (Fsp3) is 0.641. The average Bonchev–Trinajstić information content (AvgIpc) is 3.13. The normalized spacial score (nSPS) is 21.1. The molecule has 2 atom stereocenters. The Kier molecular flexibility index (Phi) is 13.3. The van der Waals surface area contributed by atoms with Crippen LogP contribution in [0.2, 0.25) is 0 Å². The molecule has 0 radical (unpaired) electrons. The third-order valence-corrected chi connectivity index (χ3v) is 10.8. The quantitative estimate of drug-likeness (QED) is 0.264. The molecule has 2 N–H and O–H groups in total. The molecule has 2 heterocycles. The van der Waals surface area contributed by atoms with E-state index in [9.17, 15) is 18.4 Å².